The van der Waals surface area contributed by atoms with Gasteiger partial charge in [-0.1, -0.05) is 6.92 Å². The number of carbonyl (C=O) groups excluding carboxylic acids is 1. The van der Waals surface area contributed by atoms with Crippen molar-refractivity contribution in [1.29, 1.82) is 0 Å². The predicted octanol–water partition coefficient (Wildman–Crippen LogP) is -0.565. The first-order chi connectivity index (χ1) is 6.19. The number of nitrogens with one attached hydrogen (secondary N) is 1. The fraction of sp³-hybridized carbons (Fsp3) is 0.889. The van der Waals surface area contributed by atoms with Gasteiger partial charge in [-0.05, 0) is 18.9 Å². The van der Waals surface area contributed by atoms with Gasteiger partial charge in [0.05, 0.1) is 13.2 Å². The van der Waals surface area contributed by atoms with E-state index in [2.05, 4.69) is 12.2 Å². The van der Waals surface area contributed by atoms with E-state index in [0.29, 0.717) is 12.5 Å². The molecule has 0 bridgehead atoms. The minimum absolute atomic E-state index is 0.0209. The highest BCUT2D eigenvalue weighted by Crippen LogP contribution is 2.22. The number of likely N-dealkylation sites (tertiary alicyclic amines) is 1. The molecule has 0 aromatic carbocycles. The van der Waals surface area contributed by atoms with Crippen molar-refractivity contribution >= 4 is 5.91 Å². The zero-order chi connectivity index (χ0) is 9.84. The first kappa shape index (κ1) is 10.5. The van der Waals surface area contributed by atoms with E-state index in [1.165, 1.54) is 0 Å². The van der Waals surface area contributed by atoms with Crippen LogP contribution in [-0.2, 0) is 4.79 Å². The number of hydrogen-bond acceptors (Lipinski definition) is 3. The Morgan fingerprint density at radius 2 is 2.38 bits per heavy atom. The van der Waals surface area contributed by atoms with E-state index in [0.717, 1.165) is 13.0 Å². The van der Waals surface area contributed by atoms with E-state index in [1.54, 1.807) is 7.05 Å². The van der Waals surface area contributed by atoms with Gasteiger partial charge in [-0.3, -0.25) is 9.69 Å². The number of rotatable bonds is 3. The number of aliphatic hydroxyl groups excluding tert-OH is 1. The van der Waals surface area contributed by atoms with Gasteiger partial charge < -0.3 is 10.4 Å². The molecule has 1 heterocycles. The van der Waals surface area contributed by atoms with Gasteiger partial charge in [-0.2, -0.15) is 0 Å². The number of likely N-dealkylation sites (N-methyl/N-ethyl adjacent to an activating group) is 1. The molecular weight excluding hydrogens is 168 g/mol. The molecule has 1 amide bonds. The van der Waals surface area contributed by atoms with Gasteiger partial charge in [0.2, 0.25) is 5.91 Å². The quantitative estimate of drug-likeness (QED) is 0.621. The molecule has 76 valence electrons. The molecule has 1 aliphatic heterocycles. The van der Waals surface area contributed by atoms with Crippen LogP contribution in [0.5, 0.6) is 0 Å². The van der Waals surface area contributed by atoms with Crippen LogP contribution < -0.4 is 5.32 Å². The monoisotopic (exact) mass is 186 g/mol. The smallest absolute Gasteiger partial charge is 0.233 e. The Morgan fingerprint density at radius 1 is 1.69 bits per heavy atom. The normalized spacial score (nSPS) is 29.2. The average molecular weight is 186 g/mol. The van der Waals surface area contributed by atoms with Crippen LogP contribution in [0.3, 0.4) is 0 Å². The summed E-state index contributed by atoms with van der Waals surface area (Å²) in [5, 5.41) is 11.7. The van der Waals surface area contributed by atoms with Crippen LogP contribution in [0.15, 0.2) is 0 Å². The molecule has 4 heteroatoms. The zero-order valence-corrected chi connectivity index (χ0v) is 8.29. The molecule has 13 heavy (non-hydrogen) atoms. The summed E-state index contributed by atoms with van der Waals surface area (Å²) in [4.78, 5) is 13.1. The molecule has 2 N–H and O–H groups in total. The minimum Gasteiger partial charge on any atom is -0.395 e. The lowest BCUT2D eigenvalue weighted by molar-refractivity contribution is -0.122. The Bertz CT molecular complexity index is 184. The highest BCUT2D eigenvalue weighted by Gasteiger charge is 2.31. The second-order valence-electron chi connectivity index (χ2n) is 3.66. The third-order valence-corrected chi connectivity index (χ3v) is 2.81. The number of hydrogen-bond donors (Lipinski definition) is 2. The van der Waals surface area contributed by atoms with Crippen molar-refractivity contribution in [3.8, 4) is 0 Å². The van der Waals surface area contributed by atoms with Gasteiger partial charge in [0, 0.05) is 13.1 Å². The summed E-state index contributed by atoms with van der Waals surface area (Å²) in [5.41, 5.74) is 0. The third-order valence-electron chi connectivity index (χ3n) is 2.81. The summed E-state index contributed by atoms with van der Waals surface area (Å²) in [5.74, 6) is 0.516. The SMILES string of the molecule is CNC(=O)CN1CCC(C)C1CO. The van der Waals surface area contributed by atoms with Crippen LogP contribution in [-0.4, -0.2) is 48.7 Å². The maximum atomic E-state index is 11.1. The fourth-order valence-electron chi connectivity index (χ4n) is 1.84. The lowest BCUT2D eigenvalue weighted by atomic mass is 10.0. The van der Waals surface area contributed by atoms with E-state index in [9.17, 15) is 4.79 Å². The highest BCUT2D eigenvalue weighted by atomic mass is 16.3. The van der Waals surface area contributed by atoms with Crippen molar-refractivity contribution < 1.29 is 9.90 Å². The van der Waals surface area contributed by atoms with Crippen molar-refractivity contribution in [2.75, 3.05) is 26.7 Å². The molecule has 4 nitrogen and oxygen atoms in total. The van der Waals surface area contributed by atoms with Gasteiger partial charge in [0.1, 0.15) is 0 Å². The maximum absolute atomic E-state index is 11.1. The first-order valence-corrected chi connectivity index (χ1v) is 4.74. The lowest BCUT2D eigenvalue weighted by Gasteiger charge is -2.23. The molecule has 1 fully saturated rings. The number of aliphatic hydroxyl groups is 1. The lowest BCUT2D eigenvalue weighted by Crippen LogP contribution is -2.41. The summed E-state index contributed by atoms with van der Waals surface area (Å²) in [6, 6.07) is 0.164. The summed E-state index contributed by atoms with van der Waals surface area (Å²) < 4.78 is 0. The number of carbonyl (C=O) groups is 1. The van der Waals surface area contributed by atoms with Gasteiger partial charge in [-0.25, -0.2) is 0 Å². The summed E-state index contributed by atoms with van der Waals surface area (Å²) in [7, 11) is 1.63. The van der Waals surface area contributed by atoms with Gasteiger partial charge in [-0.15, -0.1) is 0 Å². The topological polar surface area (TPSA) is 52.6 Å². The Hall–Kier alpha value is -0.610. The van der Waals surface area contributed by atoms with Crippen molar-refractivity contribution in [3.63, 3.8) is 0 Å². The largest absolute Gasteiger partial charge is 0.395 e. The molecule has 0 aromatic rings. The Kier molecular flexibility index (Phi) is 3.69. The number of amides is 1. The van der Waals surface area contributed by atoms with Crippen LogP contribution in [0.4, 0.5) is 0 Å². The molecule has 0 aromatic heterocycles. The van der Waals surface area contributed by atoms with Gasteiger partial charge in [0.25, 0.3) is 0 Å². The Balaban J connectivity index is 2.45. The van der Waals surface area contributed by atoms with Gasteiger partial charge >= 0.3 is 0 Å². The summed E-state index contributed by atoms with van der Waals surface area (Å²) >= 11 is 0. The van der Waals surface area contributed by atoms with E-state index in [1.807, 2.05) is 4.90 Å². The molecule has 0 saturated carbocycles. The van der Waals surface area contributed by atoms with Crippen LogP contribution in [0.1, 0.15) is 13.3 Å². The molecule has 0 radical (unpaired) electrons. The van der Waals surface area contributed by atoms with Crippen LogP contribution in [0.25, 0.3) is 0 Å². The van der Waals surface area contributed by atoms with E-state index >= 15 is 0 Å². The highest BCUT2D eigenvalue weighted by molar-refractivity contribution is 5.77. The molecule has 1 aliphatic rings. The molecule has 2 unspecified atom stereocenters. The summed E-state index contributed by atoms with van der Waals surface area (Å²) in [6.07, 6.45) is 1.07. The van der Waals surface area contributed by atoms with Crippen molar-refractivity contribution in [2.45, 2.75) is 19.4 Å². The molecule has 0 aliphatic carbocycles. The predicted molar refractivity (Wildman–Crippen MR) is 50.3 cm³/mol. The second kappa shape index (κ2) is 4.58. The van der Waals surface area contributed by atoms with Crippen molar-refractivity contribution in [2.24, 2.45) is 5.92 Å². The van der Waals surface area contributed by atoms with Gasteiger partial charge in [0.15, 0.2) is 0 Å². The van der Waals surface area contributed by atoms with Crippen LogP contribution in [0, 0.1) is 5.92 Å². The molecule has 1 rings (SSSR count). The van der Waals surface area contributed by atoms with Crippen LogP contribution >= 0.6 is 0 Å². The molecular formula is C9H18N2O2. The van der Waals surface area contributed by atoms with Crippen LogP contribution in [0.2, 0.25) is 0 Å². The van der Waals surface area contributed by atoms with Crippen molar-refractivity contribution in [3.05, 3.63) is 0 Å². The third kappa shape index (κ3) is 2.42. The minimum atomic E-state index is 0.0209. The average Bonchev–Trinajstić information content (AvgIpc) is 2.46. The number of nitrogens with zero attached hydrogens (tertiary/aromatic N) is 1. The molecule has 0 spiro atoms. The Morgan fingerprint density at radius 3 is 2.92 bits per heavy atom. The second-order valence-corrected chi connectivity index (χ2v) is 3.66. The first-order valence-electron chi connectivity index (χ1n) is 4.74. The zero-order valence-electron chi connectivity index (χ0n) is 8.29. The van der Waals surface area contributed by atoms with E-state index < -0.39 is 0 Å². The standard InChI is InChI=1S/C9H18N2O2/c1-7-3-4-11(8(7)6-12)5-9(13)10-2/h7-8,12H,3-6H2,1-2H3,(H,10,13). The maximum Gasteiger partial charge on any atom is 0.233 e. The van der Waals surface area contributed by atoms with Crippen molar-refractivity contribution in [1.82, 2.24) is 10.2 Å². The molecule has 1 saturated heterocycles. The summed E-state index contributed by atoms with van der Waals surface area (Å²) in [6.45, 7) is 3.59. The Labute approximate surface area is 78.9 Å². The molecule has 2 atom stereocenters. The fourth-order valence-corrected chi connectivity index (χ4v) is 1.84. The van der Waals surface area contributed by atoms with E-state index in [-0.39, 0.29) is 18.6 Å². The van der Waals surface area contributed by atoms with E-state index in [4.69, 9.17) is 5.11 Å².